The third kappa shape index (κ3) is 3.29. The Balaban J connectivity index is 2.44. The van der Waals surface area contributed by atoms with Crippen LogP contribution in [-0.2, 0) is 0 Å². The first kappa shape index (κ1) is 14.8. The molecule has 0 amide bonds. The summed E-state index contributed by atoms with van der Waals surface area (Å²) in [5.41, 5.74) is 6.02. The highest BCUT2D eigenvalue weighted by Gasteiger charge is 2.12. The first-order valence-electron chi connectivity index (χ1n) is 5.41. The summed E-state index contributed by atoms with van der Waals surface area (Å²) >= 11 is 6.53. The predicted molar refractivity (Wildman–Crippen MR) is 80.8 cm³/mol. The van der Waals surface area contributed by atoms with Gasteiger partial charge in [-0.1, -0.05) is 21.1 Å². The Bertz CT molecular complexity index is 677. The number of nitrogens with zero attached hydrogens (tertiary/aromatic N) is 1. The molecule has 0 aliphatic rings. The van der Waals surface area contributed by atoms with Crippen molar-refractivity contribution in [2.75, 3.05) is 0 Å². The lowest BCUT2D eigenvalue weighted by Gasteiger charge is -2.12. The number of ether oxygens (including phenoxy) is 1. The molecule has 0 saturated heterocycles. The highest BCUT2D eigenvalue weighted by molar-refractivity contribution is 9.10. The second kappa shape index (κ2) is 6.23. The average molecular weight is 404 g/mol. The van der Waals surface area contributed by atoms with Gasteiger partial charge < -0.3 is 15.7 Å². The summed E-state index contributed by atoms with van der Waals surface area (Å²) in [6.45, 7) is 0. The Hall–Kier alpha value is -1.60. The van der Waals surface area contributed by atoms with E-state index in [0.717, 1.165) is 4.47 Å². The number of hydrogen-bond acceptors (Lipinski definition) is 3. The summed E-state index contributed by atoms with van der Waals surface area (Å²) in [5.74, 6) is 0.333. The largest absolute Gasteiger partial charge is 0.455 e. The summed E-state index contributed by atoms with van der Waals surface area (Å²) < 4.78 is 20.0. The van der Waals surface area contributed by atoms with Gasteiger partial charge in [-0.15, -0.1) is 0 Å². The Labute approximate surface area is 131 Å². The standard InChI is InChI=1S/C13H9Br2FN2O2/c14-7-1-3-9(13(17)18-19)12(5-7)20-11-4-2-8(16)6-10(11)15/h1-6,19H,(H2,17,18). The Morgan fingerprint density at radius 3 is 2.55 bits per heavy atom. The van der Waals surface area contributed by atoms with Crippen molar-refractivity contribution in [2.24, 2.45) is 10.9 Å². The molecular formula is C13H9Br2FN2O2. The third-order valence-corrected chi connectivity index (χ3v) is 3.55. The topological polar surface area (TPSA) is 67.8 Å². The lowest BCUT2D eigenvalue weighted by atomic mass is 10.2. The van der Waals surface area contributed by atoms with Gasteiger partial charge in [-0.2, -0.15) is 0 Å². The van der Waals surface area contributed by atoms with Crippen molar-refractivity contribution in [2.45, 2.75) is 0 Å². The van der Waals surface area contributed by atoms with Crippen LogP contribution in [0.15, 0.2) is 50.5 Å². The molecule has 104 valence electrons. The van der Waals surface area contributed by atoms with Crippen LogP contribution >= 0.6 is 31.9 Å². The second-order valence-corrected chi connectivity index (χ2v) is 5.57. The van der Waals surface area contributed by atoms with Gasteiger partial charge in [-0.25, -0.2) is 4.39 Å². The Kier molecular flexibility index (Phi) is 4.61. The molecule has 4 nitrogen and oxygen atoms in total. The zero-order valence-electron chi connectivity index (χ0n) is 9.98. The fourth-order valence-corrected chi connectivity index (χ4v) is 2.29. The van der Waals surface area contributed by atoms with Gasteiger partial charge in [0.05, 0.1) is 10.0 Å². The van der Waals surface area contributed by atoms with Crippen molar-refractivity contribution < 1.29 is 14.3 Å². The van der Waals surface area contributed by atoms with Gasteiger partial charge in [0, 0.05) is 4.47 Å². The van der Waals surface area contributed by atoms with E-state index in [9.17, 15) is 4.39 Å². The molecule has 0 unspecified atom stereocenters. The maximum Gasteiger partial charge on any atom is 0.173 e. The van der Waals surface area contributed by atoms with E-state index >= 15 is 0 Å². The predicted octanol–water partition coefficient (Wildman–Crippen LogP) is 4.24. The van der Waals surface area contributed by atoms with Gasteiger partial charge >= 0.3 is 0 Å². The lowest BCUT2D eigenvalue weighted by molar-refractivity contribution is 0.318. The first-order chi connectivity index (χ1) is 9.51. The molecule has 0 spiro atoms. The molecule has 0 radical (unpaired) electrons. The monoisotopic (exact) mass is 402 g/mol. The molecule has 2 aromatic carbocycles. The second-order valence-electron chi connectivity index (χ2n) is 3.80. The summed E-state index contributed by atoms with van der Waals surface area (Å²) in [6.07, 6.45) is 0. The van der Waals surface area contributed by atoms with E-state index in [0.29, 0.717) is 21.5 Å². The fourth-order valence-electron chi connectivity index (χ4n) is 1.52. The van der Waals surface area contributed by atoms with E-state index < -0.39 is 0 Å². The molecule has 2 aromatic rings. The quantitative estimate of drug-likeness (QED) is 0.348. The van der Waals surface area contributed by atoms with E-state index in [-0.39, 0.29) is 11.7 Å². The molecule has 0 aromatic heterocycles. The van der Waals surface area contributed by atoms with E-state index in [1.54, 1.807) is 18.2 Å². The molecule has 0 saturated carbocycles. The molecule has 3 N–H and O–H groups in total. The summed E-state index contributed by atoms with van der Waals surface area (Å²) in [6, 6.07) is 9.10. The van der Waals surface area contributed by atoms with Crippen molar-refractivity contribution in [1.82, 2.24) is 0 Å². The molecule has 0 bridgehead atoms. The van der Waals surface area contributed by atoms with E-state index in [2.05, 4.69) is 37.0 Å². The van der Waals surface area contributed by atoms with Crippen LogP contribution in [0, 0.1) is 5.82 Å². The molecule has 0 fully saturated rings. The molecule has 0 aliphatic carbocycles. The number of hydrogen-bond donors (Lipinski definition) is 2. The summed E-state index contributed by atoms with van der Waals surface area (Å²) in [7, 11) is 0. The lowest BCUT2D eigenvalue weighted by Crippen LogP contribution is -2.14. The fraction of sp³-hybridized carbons (Fsp3) is 0. The van der Waals surface area contributed by atoms with Gasteiger partial charge in [0.15, 0.2) is 5.84 Å². The average Bonchev–Trinajstić information content (AvgIpc) is 2.41. The number of benzene rings is 2. The highest BCUT2D eigenvalue weighted by atomic mass is 79.9. The number of halogens is 3. The summed E-state index contributed by atoms with van der Waals surface area (Å²) in [4.78, 5) is 0. The van der Waals surface area contributed by atoms with Crippen LogP contribution < -0.4 is 10.5 Å². The van der Waals surface area contributed by atoms with Crippen molar-refractivity contribution >= 4 is 37.7 Å². The number of nitrogens with two attached hydrogens (primary N) is 1. The maximum atomic E-state index is 13.0. The van der Waals surface area contributed by atoms with E-state index in [4.69, 9.17) is 15.7 Å². The molecule has 0 heterocycles. The zero-order valence-corrected chi connectivity index (χ0v) is 13.2. The van der Waals surface area contributed by atoms with Crippen LogP contribution in [-0.4, -0.2) is 11.0 Å². The van der Waals surface area contributed by atoms with Gasteiger partial charge in [0.2, 0.25) is 0 Å². The first-order valence-corrected chi connectivity index (χ1v) is 7.00. The van der Waals surface area contributed by atoms with Crippen molar-refractivity contribution in [3.05, 3.63) is 56.7 Å². The number of amidine groups is 1. The van der Waals surface area contributed by atoms with Crippen molar-refractivity contribution in [3.8, 4) is 11.5 Å². The smallest absolute Gasteiger partial charge is 0.173 e. The van der Waals surface area contributed by atoms with E-state index in [1.807, 2.05) is 0 Å². The molecule has 0 aliphatic heterocycles. The Morgan fingerprint density at radius 2 is 1.90 bits per heavy atom. The maximum absolute atomic E-state index is 13.0. The van der Waals surface area contributed by atoms with Gasteiger partial charge in [0.25, 0.3) is 0 Å². The van der Waals surface area contributed by atoms with Crippen LogP contribution in [0.1, 0.15) is 5.56 Å². The summed E-state index contributed by atoms with van der Waals surface area (Å²) in [5, 5.41) is 11.7. The van der Waals surface area contributed by atoms with Crippen molar-refractivity contribution in [1.29, 1.82) is 0 Å². The number of rotatable bonds is 3. The van der Waals surface area contributed by atoms with Gasteiger partial charge in [-0.3, -0.25) is 0 Å². The molecule has 2 rings (SSSR count). The van der Waals surface area contributed by atoms with Gasteiger partial charge in [-0.05, 0) is 52.3 Å². The third-order valence-electron chi connectivity index (χ3n) is 2.44. The normalized spacial score (nSPS) is 11.4. The van der Waals surface area contributed by atoms with Crippen LogP contribution in [0.25, 0.3) is 0 Å². The van der Waals surface area contributed by atoms with Crippen LogP contribution in [0.5, 0.6) is 11.5 Å². The number of oxime groups is 1. The minimum Gasteiger partial charge on any atom is -0.455 e. The molecule has 7 heteroatoms. The molecule has 20 heavy (non-hydrogen) atoms. The highest BCUT2D eigenvalue weighted by Crippen LogP contribution is 2.33. The zero-order chi connectivity index (χ0) is 14.7. The van der Waals surface area contributed by atoms with Gasteiger partial charge in [0.1, 0.15) is 17.3 Å². The van der Waals surface area contributed by atoms with Crippen LogP contribution in [0.4, 0.5) is 4.39 Å². The minimum atomic E-state index is -0.380. The molecule has 0 atom stereocenters. The SMILES string of the molecule is N/C(=N/O)c1ccc(Br)cc1Oc1ccc(F)cc1Br. The molecular weight excluding hydrogens is 395 g/mol. The van der Waals surface area contributed by atoms with E-state index in [1.165, 1.54) is 18.2 Å². The Morgan fingerprint density at radius 1 is 1.15 bits per heavy atom. The van der Waals surface area contributed by atoms with Crippen LogP contribution in [0.3, 0.4) is 0 Å². The van der Waals surface area contributed by atoms with Crippen LogP contribution in [0.2, 0.25) is 0 Å². The van der Waals surface area contributed by atoms with Crippen molar-refractivity contribution in [3.63, 3.8) is 0 Å². The minimum absolute atomic E-state index is 0.0780.